The molecule has 0 bridgehead atoms. The average Bonchev–Trinajstić information content (AvgIpc) is 3.38. The van der Waals surface area contributed by atoms with Crippen LogP contribution in [0.4, 0.5) is 0 Å². The average molecular weight is 347 g/mol. The summed E-state index contributed by atoms with van der Waals surface area (Å²) < 4.78 is 6.97. The van der Waals surface area contributed by atoms with Crippen LogP contribution in [-0.2, 0) is 0 Å². The minimum Gasteiger partial charge on any atom is -0.497 e. The van der Waals surface area contributed by atoms with Gasteiger partial charge >= 0.3 is 0 Å². The summed E-state index contributed by atoms with van der Waals surface area (Å²) in [5.41, 5.74) is 3.22. The largest absolute Gasteiger partial charge is 0.497 e. The van der Waals surface area contributed by atoms with Crippen molar-refractivity contribution in [2.45, 2.75) is 12.8 Å². The minimum atomic E-state index is 0.0404. The molecule has 1 saturated heterocycles. The molecule has 5 nitrogen and oxygen atoms in total. The number of amides is 1. The molecular formula is C21H21N3O2. The molecule has 0 saturated carbocycles. The molecule has 132 valence electrons. The summed E-state index contributed by atoms with van der Waals surface area (Å²) in [6.45, 7) is 1.63. The summed E-state index contributed by atoms with van der Waals surface area (Å²) in [5.74, 6) is 0.836. The van der Waals surface area contributed by atoms with Crippen LogP contribution in [-0.4, -0.2) is 40.8 Å². The third-order valence-electron chi connectivity index (χ3n) is 4.71. The fourth-order valence-electron chi connectivity index (χ4n) is 3.28. The first-order valence-electron chi connectivity index (χ1n) is 8.85. The van der Waals surface area contributed by atoms with Gasteiger partial charge in [0.1, 0.15) is 11.4 Å². The fourth-order valence-corrected chi connectivity index (χ4v) is 3.28. The van der Waals surface area contributed by atoms with E-state index in [-0.39, 0.29) is 5.91 Å². The van der Waals surface area contributed by atoms with Crippen molar-refractivity contribution in [3.8, 4) is 22.7 Å². The van der Waals surface area contributed by atoms with E-state index in [0.29, 0.717) is 5.69 Å². The highest BCUT2D eigenvalue weighted by atomic mass is 16.5. The van der Waals surface area contributed by atoms with Crippen molar-refractivity contribution in [2.75, 3.05) is 20.2 Å². The molecule has 0 radical (unpaired) electrons. The molecule has 1 aromatic heterocycles. The maximum absolute atomic E-state index is 13.0. The molecule has 4 rings (SSSR count). The Kier molecular flexibility index (Phi) is 4.44. The van der Waals surface area contributed by atoms with Crippen molar-refractivity contribution in [3.05, 3.63) is 66.4 Å². The summed E-state index contributed by atoms with van der Waals surface area (Å²) in [6, 6.07) is 19.4. The molecule has 0 spiro atoms. The van der Waals surface area contributed by atoms with Crippen LogP contribution in [0.2, 0.25) is 0 Å². The van der Waals surface area contributed by atoms with Crippen molar-refractivity contribution in [3.63, 3.8) is 0 Å². The highest BCUT2D eigenvalue weighted by Gasteiger charge is 2.24. The van der Waals surface area contributed by atoms with Gasteiger partial charge in [-0.3, -0.25) is 4.79 Å². The molecule has 26 heavy (non-hydrogen) atoms. The number of hydrogen-bond acceptors (Lipinski definition) is 3. The van der Waals surface area contributed by atoms with Crippen LogP contribution in [0.15, 0.2) is 60.7 Å². The van der Waals surface area contributed by atoms with Crippen LogP contribution >= 0.6 is 0 Å². The van der Waals surface area contributed by atoms with Gasteiger partial charge in [0.2, 0.25) is 0 Å². The van der Waals surface area contributed by atoms with Gasteiger partial charge in [0.05, 0.1) is 18.5 Å². The number of carbonyl (C=O) groups is 1. The molecule has 1 aliphatic rings. The number of methoxy groups -OCH3 is 1. The summed E-state index contributed by atoms with van der Waals surface area (Å²) in [6.07, 6.45) is 2.13. The van der Waals surface area contributed by atoms with Gasteiger partial charge in [-0.2, -0.15) is 5.10 Å². The predicted octanol–water partition coefficient (Wildman–Crippen LogP) is 3.78. The molecule has 0 unspecified atom stereocenters. The van der Waals surface area contributed by atoms with Gasteiger partial charge in [0, 0.05) is 18.7 Å². The fraction of sp³-hybridized carbons (Fsp3) is 0.238. The van der Waals surface area contributed by atoms with Crippen molar-refractivity contribution in [1.82, 2.24) is 14.7 Å². The summed E-state index contributed by atoms with van der Waals surface area (Å²) in [5, 5.41) is 4.73. The molecule has 2 aromatic carbocycles. The van der Waals surface area contributed by atoms with Crippen molar-refractivity contribution < 1.29 is 9.53 Å². The Labute approximate surface area is 152 Å². The summed E-state index contributed by atoms with van der Waals surface area (Å²) in [7, 11) is 1.64. The molecule has 0 N–H and O–H groups in total. The second-order valence-electron chi connectivity index (χ2n) is 6.39. The quantitative estimate of drug-likeness (QED) is 0.721. The first kappa shape index (κ1) is 16.4. The maximum Gasteiger partial charge on any atom is 0.272 e. The maximum atomic E-state index is 13.0. The first-order chi connectivity index (χ1) is 12.8. The number of ether oxygens (including phenoxy) is 1. The van der Waals surface area contributed by atoms with Crippen LogP contribution < -0.4 is 4.74 Å². The highest BCUT2D eigenvalue weighted by molar-refractivity contribution is 5.94. The van der Waals surface area contributed by atoms with Gasteiger partial charge < -0.3 is 9.64 Å². The van der Waals surface area contributed by atoms with Crippen molar-refractivity contribution >= 4 is 5.91 Å². The first-order valence-corrected chi connectivity index (χ1v) is 8.85. The lowest BCUT2D eigenvalue weighted by atomic mass is 10.1. The van der Waals surface area contributed by atoms with E-state index >= 15 is 0 Å². The highest BCUT2D eigenvalue weighted by Crippen LogP contribution is 2.25. The Morgan fingerprint density at radius 2 is 1.69 bits per heavy atom. The van der Waals surface area contributed by atoms with E-state index in [0.717, 1.165) is 48.6 Å². The van der Waals surface area contributed by atoms with Crippen LogP contribution in [0.25, 0.3) is 16.9 Å². The molecule has 1 aliphatic heterocycles. The lowest BCUT2D eigenvalue weighted by Crippen LogP contribution is -2.29. The zero-order valence-electron chi connectivity index (χ0n) is 14.8. The third-order valence-corrected chi connectivity index (χ3v) is 4.71. The number of para-hydroxylation sites is 1. The van der Waals surface area contributed by atoms with Crippen LogP contribution in [0.1, 0.15) is 23.3 Å². The van der Waals surface area contributed by atoms with E-state index in [1.807, 2.05) is 65.6 Å². The van der Waals surface area contributed by atoms with Gasteiger partial charge in [0.25, 0.3) is 5.91 Å². The van der Waals surface area contributed by atoms with Gasteiger partial charge in [-0.05, 0) is 55.3 Å². The number of hydrogen-bond donors (Lipinski definition) is 0. The van der Waals surface area contributed by atoms with Gasteiger partial charge in [-0.15, -0.1) is 0 Å². The van der Waals surface area contributed by atoms with Crippen LogP contribution in [0, 0.1) is 0 Å². The molecule has 5 heteroatoms. The minimum absolute atomic E-state index is 0.0404. The Hall–Kier alpha value is -3.08. The third kappa shape index (κ3) is 3.08. The SMILES string of the molecule is COc1ccc(-c2cc(C(=O)N3CCCC3)n(-c3ccccc3)n2)cc1. The summed E-state index contributed by atoms with van der Waals surface area (Å²) >= 11 is 0. The number of likely N-dealkylation sites (tertiary alicyclic amines) is 1. The Morgan fingerprint density at radius 1 is 1.00 bits per heavy atom. The van der Waals surface area contributed by atoms with E-state index in [2.05, 4.69) is 0 Å². The second-order valence-corrected chi connectivity index (χ2v) is 6.39. The summed E-state index contributed by atoms with van der Waals surface area (Å²) in [4.78, 5) is 14.9. The van der Waals surface area contributed by atoms with Gasteiger partial charge in [0.15, 0.2) is 0 Å². The number of nitrogens with zero attached hydrogens (tertiary/aromatic N) is 3. The molecule has 3 aromatic rings. The van der Waals surface area contributed by atoms with E-state index in [1.165, 1.54) is 0 Å². The lowest BCUT2D eigenvalue weighted by molar-refractivity contribution is 0.0784. The number of carbonyl (C=O) groups excluding carboxylic acids is 1. The zero-order valence-corrected chi connectivity index (χ0v) is 14.8. The Morgan fingerprint density at radius 3 is 2.35 bits per heavy atom. The van der Waals surface area contributed by atoms with Crippen molar-refractivity contribution in [2.24, 2.45) is 0 Å². The van der Waals surface area contributed by atoms with Crippen LogP contribution in [0.3, 0.4) is 0 Å². The number of benzene rings is 2. The Bertz CT molecular complexity index is 895. The van der Waals surface area contributed by atoms with Gasteiger partial charge in [-0.1, -0.05) is 18.2 Å². The Balaban J connectivity index is 1.77. The zero-order chi connectivity index (χ0) is 17.9. The molecule has 0 aliphatic carbocycles. The molecule has 1 fully saturated rings. The predicted molar refractivity (Wildman–Crippen MR) is 101 cm³/mol. The number of rotatable bonds is 4. The molecule has 1 amide bonds. The number of aromatic nitrogens is 2. The van der Waals surface area contributed by atoms with Crippen molar-refractivity contribution in [1.29, 1.82) is 0 Å². The molecular weight excluding hydrogens is 326 g/mol. The topological polar surface area (TPSA) is 47.4 Å². The second kappa shape index (κ2) is 7.04. The standard InChI is InChI=1S/C21H21N3O2/c1-26-18-11-9-16(10-12-18)19-15-20(21(25)23-13-5-6-14-23)24(22-19)17-7-3-2-4-8-17/h2-4,7-12,15H,5-6,13-14H2,1H3. The molecule has 2 heterocycles. The monoisotopic (exact) mass is 347 g/mol. The van der Waals surface area contributed by atoms with E-state index in [9.17, 15) is 4.79 Å². The van der Waals surface area contributed by atoms with Gasteiger partial charge in [-0.25, -0.2) is 4.68 Å². The normalized spacial score (nSPS) is 13.8. The van der Waals surface area contributed by atoms with E-state index < -0.39 is 0 Å². The van der Waals surface area contributed by atoms with Crippen LogP contribution in [0.5, 0.6) is 5.75 Å². The van der Waals surface area contributed by atoms with E-state index in [1.54, 1.807) is 11.8 Å². The molecule has 0 atom stereocenters. The van der Waals surface area contributed by atoms with E-state index in [4.69, 9.17) is 9.84 Å². The smallest absolute Gasteiger partial charge is 0.272 e. The lowest BCUT2D eigenvalue weighted by Gasteiger charge is -2.15.